The Labute approximate surface area is 138 Å². The maximum Gasteiger partial charge on any atom is 0.231 e. The van der Waals surface area contributed by atoms with Crippen molar-refractivity contribution in [2.24, 2.45) is 0 Å². The summed E-state index contributed by atoms with van der Waals surface area (Å²) < 4.78 is 7.73. The van der Waals surface area contributed by atoms with E-state index in [1.54, 1.807) is 6.20 Å². The fourth-order valence-corrected chi connectivity index (χ4v) is 3.37. The van der Waals surface area contributed by atoms with Gasteiger partial charge in [0.05, 0.1) is 12.2 Å². The molecule has 3 aromatic heterocycles. The number of pyridine rings is 1. The van der Waals surface area contributed by atoms with Crippen LogP contribution in [0.4, 0.5) is 0 Å². The molecule has 118 valence electrons. The maximum atomic E-state index is 5.56. The first-order chi connectivity index (χ1) is 11.9. The van der Waals surface area contributed by atoms with Crippen LogP contribution in [0, 0.1) is 0 Å². The lowest BCUT2D eigenvalue weighted by Gasteiger charge is -2.20. The largest absolute Gasteiger partial charge is 0.339 e. The molecule has 1 aromatic carbocycles. The van der Waals surface area contributed by atoms with Gasteiger partial charge in [-0.05, 0) is 24.3 Å². The molecular weight excluding hydrogens is 302 g/mol. The summed E-state index contributed by atoms with van der Waals surface area (Å²) in [5, 5.41) is 6.34. The van der Waals surface area contributed by atoms with Gasteiger partial charge in [0.2, 0.25) is 11.7 Å². The number of fused-ring (bicyclic) bond motifs is 2. The molecule has 0 aliphatic carbocycles. The molecule has 5 rings (SSSR count). The van der Waals surface area contributed by atoms with Gasteiger partial charge in [-0.2, -0.15) is 4.98 Å². The second-order valence-electron chi connectivity index (χ2n) is 6.11. The van der Waals surface area contributed by atoms with Gasteiger partial charge < -0.3 is 9.09 Å². The number of aryl methyl sites for hydroxylation is 1. The summed E-state index contributed by atoms with van der Waals surface area (Å²) in [6.07, 6.45) is 7.55. The molecule has 1 aliphatic heterocycles. The normalized spacial score (nSPS) is 17.1. The zero-order chi connectivity index (χ0) is 15.9. The molecule has 0 bridgehead atoms. The standard InChI is InChI=1S/C18H15N5O/c1-2-4-15-12(3-1)7-8-20-16(15)17-21-18(24-22-17)13-5-6-14-9-19-11-23(14)10-13/h1-4,7-9,11,13H,5-6,10H2. The fraction of sp³-hybridized carbons (Fsp3) is 0.222. The second-order valence-corrected chi connectivity index (χ2v) is 6.11. The molecule has 0 N–H and O–H groups in total. The third-order valence-electron chi connectivity index (χ3n) is 4.64. The Morgan fingerprint density at radius 1 is 1.17 bits per heavy atom. The first kappa shape index (κ1) is 13.4. The maximum absolute atomic E-state index is 5.56. The van der Waals surface area contributed by atoms with Crippen LogP contribution in [0.25, 0.3) is 22.3 Å². The fourth-order valence-electron chi connectivity index (χ4n) is 3.37. The second kappa shape index (κ2) is 5.26. The van der Waals surface area contributed by atoms with Gasteiger partial charge in [-0.3, -0.25) is 4.98 Å². The molecule has 6 heteroatoms. The lowest BCUT2D eigenvalue weighted by atomic mass is 9.98. The van der Waals surface area contributed by atoms with Crippen molar-refractivity contribution in [2.75, 3.05) is 0 Å². The van der Waals surface area contributed by atoms with Crippen molar-refractivity contribution in [3.05, 3.63) is 60.6 Å². The molecule has 24 heavy (non-hydrogen) atoms. The van der Waals surface area contributed by atoms with Crippen LogP contribution in [-0.2, 0) is 13.0 Å². The minimum absolute atomic E-state index is 0.225. The summed E-state index contributed by atoms with van der Waals surface area (Å²) in [7, 11) is 0. The smallest absolute Gasteiger partial charge is 0.231 e. The first-order valence-electron chi connectivity index (χ1n) is 8.05. The Morgan fingerprint density at radius 2 is 2.12 bits per heavy atom. The highest BCUT2D eigenvalue weighted by molar-refractivity contribution is 5.92. The number of benzene rings is 1. The van der Waals surface area contributed by atoms with E-state index in [0.717, 1.165) is 35.9 Å². The zero-order valence-electron chi connectivity index (χ0n) is 13.0. The van der Waals surface area contributed by atoms with Gasteiger partial charge in [0.25, 0.3) is 0 Å². The number of imidazole rings is 1. The Bertz CT molecular complexity index is 1010. The lowest BCUT2D eigenvalue weighted by molar-refractivity contribution is 0.318. The minimum Gasteiger partial charge on any atom is -0.339 e. The van der Waals surface area contributed by atoms with Crippen LogP contribution < -0.4 is 0 Å². The lowest BCUT2D eigenvalue weighted by Crippen LogP contribution is -2.18. The summed E-state index contributed by atoms with van der Waals surface area (Å²) in [5.41, 5.74) is 2.03. The summed E-state index contributed by atoms with van der Waals surface area (Å²) in [5.74, 6) is 1.46. The van der Waals surface area contributed by atoms with Crippen LogP contribution in [0.5, 0.6) is 0 Å². The molecule has 1 unspecified atom stereocenters. The summed E-state index contributed by atoms with van der Waals surface area (Å²) in [6.45, 7) is 0.833. The van der Waals surface area contributed by atoms with Gasteiger partial charge in [0.1, 0.15) is 5.69 Å². The highest BCUT2D eigenvalue weighted by Crippen LogP contribution is 2.30. The number of rotatable bonds is 2. The van der Waals surface area contributed by atoms with Crippen LogP contribution in [0.1, 0.15) is 23.9 Å². The Balaban J connectivity index is 1.51. The third kappa shape index (κ3) is 2.11. The molecular formula is C18H15N5O. The predicted octanol–water partition coefficient (Wildman–Crippen LogP) is 3.21. The van der Waals surface area contributed by atoms with Gasteiger partial charge in [0.15, 0.2) is 0 Å². The monoisotopic (exact) mass is 317 g/mol. The van der Waals surface area contributed by atoms with Gasteiger partial charge in [-0.15, -0.1) is 0 Å². The molecule has 6 nitrogen and oxygen atoms in total. The van der Waals surface area contributed by atoms with Crippen LogP contribution in [0.15, 0.2) is 53.6 Å². The van der Waals surface area contributed by atoms with Crippen molar-refractivity contribution in [3.63, 3.8) is 0 Å². The van der Waals surface area contributed by atoms with Crippen molar-refractivity contribution < 1.29 is 4.52 Å². The molecule has 0 spiro atoms. The van der Waals surface area contributed by atoms with E-state index in [-0.39, 0.29) is 5.92 Å². The van der Waals surface area contributed by atoms with Gasteiger partial charge >= 0.3 is 0 Å². The van der Waals surface area contributed by atoms with E-state index in [2.05, 4.69) is 30.7 Å². The molecule has 1 aliphatic rings. The third-order valence-corrected chi connectivity index (χ3v) is 4.64. The van der Waals surface area contributed by atoms with Gasteiger partial charge in [-0.25, -0.2) is 4.98 Å². The molecule has 0 saturated heterocycles. The molecule has 1 atom stereocenters. The number of aromatic nitrogens is 5. The highest BCUT2D eigenvalue weighted by Gasteiger charge is 2.25. The Morgan fingerprint density at radius 3 is 3.12 bits per heavy atom. The van der Waals surface area contributed by atoms with Crippen LogP contribution in [0.2, 0.25) is 0 Å². The molecule has 4 heterocycles. The Hall–Kier alpha value is -3.02. The number of hydrogen-bond acceptors (Lipinski definition) is 5. The van der Waals surface area contributed by atoms with Crippen LogP contribution >= 0.6 is 0 Å². The van der Waals surface area contributed by atoms with E-state index in [0.29, 0.717) is 11.7 Å². The molecule has 0 amide bonds. The average molecular weight is 317 g/mol. The van der Waals surface area contributed by atoms with Gasteiger partial charge in [0, 0.05) is 30.0 Å². The first-order valence-corrected chi connectivity index (χ1v) is 8.05. The quantitative estimate of drug-likeness (QED) is 0.568. The van der Waals surface area contributed by atoms with E-state index >= 15 is 0 Å². The van der Waals surface area contributed by atoms with Crippen LogP contribution in [-0.4, -0.2) is 24.7 Å². The predicted molar refractivity (Wildman–Crippen MR) is 88.3 cm³/mol. The van der Waals surface area contributed by atoms with E-state index in [1.165, 1.54) is 5.69 Å². The van der Waals surface area contributed by atoms with Crippen molar-refractivity contribution in [1.29, 1.82) is 0 Å². The van der Waals surface area contributed by atoms with E-state index in [9.17, 15) is 0 Å². The van der Waals surface area contributed by atoms with E-state index in [4.69, 9.17) is 4.52 Å². The summed E-state index contributed by atoms with van der Waals surface area (Å²) in [6, 6.07) is 10.1. The average Bonchev–Trinajstić information content (AvgIpc) is 3.30. The van der Waals surface area contributed by atoms with Gasteiger partial charge in [-0.1, -0.05) is 29.4 Å². The Kier molecular flexibility index (Phi) is 2.94. The van der Waals surface area contributed by atoms with Crippen molar-refractivity contribution in [2.45, 2.75) is 25.3 Å². The van der Waals surface area contributed by atoms with Crippen molar-refractivity contribution >= 4 is 10.8 Å². The van der Waals surface area contributed by atoms with Crippen molar-refractivity contribution in [3.8, 4) is 11.5 Å². The molecule has 4 aromatic rings. The van der Waals surface area contributed by atoms with E-state index < -0.39 is 0 Å². The SMILES string of the molecule is c1ccc2c(-c3noc(C4CCc5cncn5C4)n3)nccc2c1. The van der Waals surface area contributed by atoms with Crippen LogP contribution in [0.3, 0.4) is 0 Å². The molecule has 0 radical (unpaired) electrons. The van der Waals surface area contributed by atoms with Crippen molar-refractivity contribution in [1.82, 2.24) is 24.7 Å². The highest BCUT2D eigenvalue weighted by atomic mass is 16.5. The van der Waals surface area contributed by atoms with E-state index in [1.807, 2.05) is 36.8 Å². The number of nitrogens with zero attached hydrogens (tertiary/aromatic N) is 5. The minimum atomic E-state index is 0.225. The summed E-state index contributed by atoms with van der Waals surface area (Å²) in [4.78, 5) is 13.3. The topological polar surface area (TPSA) is 69.6 Å². The molecule has 0 fully saturated rings. The number of hydrogen-bond donors (Lipinski definition) is 0. The zero-order valence-corrected chi connectivity index (χ0v) is 13.0. The molecule has 0 saturated carbocycles. The summed E-state index contributed by atoms with van der Waals surface area (Å²) >= 11 is 0.